The molecule has 3 heterocycles. The number of hydrogen-bond acceptors (Lipinski definition) is 5. The molecule has 0 aliphatic carbocycles. The molecule has 2 aromatic rings. The molecule has 6 nitrogen and oxygen atoms in total. The van der Waals surface area contributed by atoms with Crippen LogP contribution in [0, 0.1) is 6.92 Å². The van der Waals surface area contributed by atoms with Crippen molar-refractivity contribution in [3.8, 4) is 0 Å². The largest absolute Gasteiger partial charge is 0.368 e. The fourth-order valence-corrected chi connectivity index (χ4v) is 3.21. The van der Waals surface area contributed by atoms with E-state index in [1.807, 2.05) is 47.6 Å². The van der Waals surface area contributed by atoms with Crippen LogP contribution in [0.5, 0.6) is 0 Å². The van der Waals surface area contributed by atoms with Gasteiger partial charge in [-0.2, -0.15) is 0 Å². The minimum atomic E-state index is 0.192. The van der Waals surface area contributed by atoms with Gasteiger partial charge in [-0.1, -0.05) is 6.07 Å². The first-order valence-corrected chi connectivity index (χ1v) is 8.64. The van der Waals surface area contributed by atoms with Gasteiger partial charge in [-0.25, -0.2) is 0 Å². The minimum absolute atomic E-state index is 0.192. The van der Waals surface area contributed by atoms with Gasteiger partial charge in [0.1, 0.15) is 0 Å². The van der Waals surface area contributed by atoms with E-state index in [9.17, 15) is 4.79 Å². The van der Waals surface area contributed by atoms with Crippen molar-refractivity contribution in [3.05, 3.63) is 54.1 Å². The molecule has 0 bridgehead atoms. The molecule has 0 atom stereocenters. The highest BCUT2D eigenvalue weighted by atomic mass is 16.2. The van der Waals surface area contributed by atoms with Gasteiger partial charge in [0.15, 0.2) is 0 Å². The van der Waals surface area contributed by atoms with Crippen molar-refractivity contribution in [2.45, 2.75) is 13.5 Å². The van der Waals surface area contributed by atoms with Gasteiger partial charge in [0.25, 0.3) is 0 Å². The molecule has 0 unspecified atom stereocenters. The Morgan fingerprint density at radius 2 is 1.88 bits per heavy atom. The van der Waals surface area contributed by atoms with Crippen LogP contribution in [0.1, 0.15) is 11.1 Å². The molecular formula is C19H25N5O. The van der Waals surface area contributed by atoms with E-state index in [-0.39, 0.29) is 5.91 Å². The number of piperazine rings is 1. The molecular weight excluding hydrogens is 314 g/mol. The monoisotopic (exact) mass is 339 g/mol. The maximum Gasteiger partial charge on any atom is 0.236 e. The fraction of sp³-hybridized carbons (Fsp3) is 0.421. The molecule has 1 amide bonds. The SMILES string of the molecule is Cc1cnccc1N1CCN(C(=O)CN(C)Cc2cccnc2)CC1. The van der Waals surface area contributed by atoms with Gasteiger partial charge in [-0.3, -0.25) is 19.7 Å². The van der Waals surface area contributed by atoms with Gasteiger partial charge in [0, 0.05) is 63.2 Å². The third-order valence-electron chi connectivity index (χ3n) is 4.54. The molecule has 0 saturated carbocycles. The first kappa shape index (κ1) is 17.4. The molecule has 0 spiro atoms. The molecule has 3 rings (SSSR count). The van der Waals surface area contributed by atoms with Crippen LogP contribution < -0.4 is 4.90 Å². The molecule has 1 saturated heterocycles. The Bertz CT molecular complexity index is 698. The molecule has 1 fully saturated rings. The summed E-state index contributed by atoms with van der Waals surface area (Å²) in [6.45, 7) is 6.50. The predicted molar refractivity (Wildman–Crippen MR) is 98.3 cm³/mol. The number of likely N-dealkylation sites (N-methyl/N-ethyl adjacent to an activating group) is 1. The topological polar surface area (TPSA) is 52.6 Å². The Balaban J connectivity index is 1.49. The normalized spacial score (nSPS) is 14.8. The number of hydrogen-bond donors (Lipinski definition) is 0. The lowest BCUT2D eigenvalue weighted by Crippen LogP contribution is -2.51. The molecule has 25 heavy (non-hydrogen) atoms. The zero-order valence-electron chi connectivity index (χ0n) is 14.9. The number of pyridine rings is 2. The maximum atomic E-state index is 12.5. The zero-order valence-corrected chi connectivity index (χ0v) is 14.9. The van der Waals surface area contributed by atoms with E-state index in [0.717, 1.165) is 38.3 Å². The molecule has 6 heteroatoms. The number of nitrogens with zero attached hydrogens (tertiary/aromatic N) is 5. The molecule has 0 aromatic carbocycles. The summed E-state index contributed by atoms with van der Waals surface area (Å²) >= 11 is 0. The van der Waals surface area contributed by atoms with E-state index in [0.29, 0.717) is 6.54 Å². The van der Waals surface area contributed by atoms with Crippen molar-refractivity contribution in [2.24, 2.45) is 0 Å². The van der Waals surface area contributed by atoms with Crippen molar-refractivity contribution in [1.29, 1.82) is 0 Å². The van der Waals surface area contributed by atoms with Crippen molar-refractivity contribution in [1.82, 2.24) is 19.8 Å². The lowest BCUT2D eigenvalue weighted by Gasteiger charge is -2.37. The zero-order chi connectivity index (χ0) is 17.6. The van der Waals surface area contributed by atoms with Crippen molar-refractivity contribution < 1.29 is 4.79 Å². The minimum Gasteiger partial charge on any atom is -0.368 e. The third-order valence-corrected chi connectivity index (χ3v) is 4.54. The van der Waals surface area contributed by atoms with E-state index >= 15 is 0 Å². The summed E-state index contributed by atoms with van der Waals surface area (Å²) in [7, 11) is 1.97. The highest BCUT2D eigenvalue weighted by Crippen LogP contribution is 2.19. The molecule has 132 valence electrons. The van der Waals surface area contributed by atoms with Gasteiger partial charge < -0.3 is 9.80 Å². The number of carbonyl (C=O) groups excluding carboxylic acids is 1. The van der Waals surface area contributed by atoms with E-state index in [4.69, 9.17) is 0 Å². The quantitative estimate of drug-likeness (QED) is 0.828. The number of rotatable bonds is 5. The summed E-state index contributed by atoms with van der Waals surface area (Å²) in [4.78, 5) is 27.2. The van der Waals surface area contributed by atoms with Crippen LogP contribution >= 0.6 is 0 Å². The van der Waals surface area contributed by atoms with Gasteiger partial charge in [0.2, 0.25) is 5.91 Å². The summed E-state index contributed by atoms with van der Waals surface area (Å²) in [6.07, 6.45) is 7.32. The first-order valence-electron chi connectivity index (χ1n) is 8.64. The number of carbonyl (C=O) groups is 1. The van der Waals surface area contributed by atoms with Crippen LogP contribution in [0.3, 0.4) is 0 Å². The van der Waals surface area contributed by atoms with E-state index in [2.05, 4.69) is 27.9 Å². The Kier molecular flexibility index (Phi) is 5.60. The molecule has 2 aromatic heterocycles. The average Bonchev–Trinajstić information content (AvgIpc) is 2.63. The Morgan fingerprint density at radius 1 is 1.12 bits per heavy atom. The average molecular weight is 339 g/mol. The summed E-state index contributed by atoms with van der Waals surface area (Å²) in [6, 6.07) is 6.00. The van der Waals surface area contributed by atoms with Crippen molar-refractivity contribution >= 4 is 11.6 Å². The number of aromatic nitrogens is 2. The molecule has 0 radical (unpaired) electrons. The number of amides is 1. The smallest absolute Gasteiger partial charge is 0.236 e. The number of anilines is 1. The maximum absolute atomic E-state index is 12.5. The van der Waals surface area contributed by atoms with E-state index in [1.54, 1.807) is 6.20 Å². The van der Waals surface area contributed by atoms with Gasteiger partial charge in [-0.05, 0) is 37.2 Å². The van der Waals surface area contributed by atoms with E-state index in [1.165, 1.54) is 11.3 Å². The van der Waals surface area contributed by atoms with Crippen molar-refractivity contribution in [3.63, 3.8) is 0 Å². The number of aryl methyl sites for hydroxylation is 1. The van der Waals surface area contributed by atoms with Crippen LogP contribution in [0.15, 0.2) is 43.0 Å². The molecule has 1 aliphatic rings. The van der Waals surface area contributed by atoms with Crippen LogP contribution in [0.4, 0.5) is 5.69 Å². The second-order valence-corrected chi connectivity index (χ2v) is 6.56. The Morgan fingerprint density at radius 3 is 2.56 bits per heavy atom. The Labute approximate surface area is 149 Å². The summed E-state index contributed by atoms with van der Waals surface area (Å²) in [5.74, 6) is 0.192. The third kappa shape index (κ3) is 4.54. The lowest BCUT2D eigenvalue weighted by atomic mass is 10.2. The van der Waals surface area contributed by atoms with Crippen LogP contribution in [0.25, 0.3) is 0 Å². The second kappa shape index (κ2) is 8.07. The predicted octanol–water partition coefficient (Wildman–Crippen LogP) is 1.57. The standard InChI is InChI=1S/C19H25N5O/c1-16-12-21-7-5-18(16)23-8-10-24(11-9-23)19(25)15-22(2)14-17-4-3-6-20-13-17/h3-7,12-13H,8-11,14-15H2,1-2H3. The second-order valence-electron chi connectivity index (χ2n) is 6.56. The molecule has 0 N–H and O–H groups in total. The van der Waals surface area contributed by atoms with E-state index < -0.39 is 0 Å². The molecule has 1 aliphatic heterocycles. The Hall–Kier alpha value is -2.47. The summed E-state index contributed by atoms with van der Waals surface area (Å²) in [5, 5.41) is 0. The van der Waals surface area contributed by atoms with Crippen LogP contribution in [0.2, 0.25) is 0 Å². The van der Waals surface area contributed by atoms with Gasteiger partial charge in [0.05, 0.1) is 6.54 Å². The van der Waals surface area contributed by atoms with Crippen LogP contribution in [-0.2, 0) is 11.3 Å². The summed E-state index contributed by atoms with van der Waals surface area (Å²) in [5.41, 5.74) is 3.52. The summed E-state index contributed by atoms with van der Waals surface area (Å²) < 4.78 is 0. The van der Waals surface area contributed by atoms with Crippen LogP contribution in [-0.4, -0.2) is 65.4 Å². The first-order chi connectivity index (χ1) is 12.1. The van der Waals surface area contributed by atoms with Gasteiger partial charge in [-0.15, -0.1) is 0 Å². The highest BCUT2D eigenvalue weighted by Gasteiger charge is 2.22. The lowest BCUT2D eigenvalue weighted by molar-refractivity contribution is -0.132. The van der Waals surface area contributed by atoms with Crippen molar-refractivity contribution in [2.75, 3.05) is 44.7 Å². The highest BCUT2D eigenvalue weighted by molar-refractivity contribution is 5.78. The van der Waals surface area contributed by atoms with Gasteiger partial charge >= 0.3 is 0 Å². The fourth-order valence-electron chi connectivity index (χ4n) is 3.21.